The fourth-order valence-electron chi connectivity index (χ4n) is 2.43. The van der Waals surface area contributed by atoms with Crippen molar-refractivity contribution in [2.75, 3.05) is 11.9 Å². The standard InChI is InChI=1S/C18H15ClFNO3/c1-3-23-12-5-7-16-13(9-12)10(2)17(24-16)18(22)21-11-4-6-15(20)14(19)8-11/h4-9H,3H2,1-2H3,(H,21,22). The Morgan fingerprint density at radius 1 is 1.29 bits per heavy atom. The minimum Gasteiger partial charge on any atom is -0.494 e. The summed E-state index contributed by atoms with van der Waals surface area (Å²) in [7, 11) is 0. The number of amides is 1. The summed E-state index contributed by atoms with van der Waals surface area (Å²) >= 11 is 5.72. The summed E-state index contributed by atoms with van der Waals surface area (Å²) < 4.78 is 24.3. The molecule has 0 saturated heterocycles. The molecule has 0 fully saturated rings. The van der Waals surface area contributed by atoms with Gasteiger partial charge in [-0.1, -0.05) is 11.6 Å². The average Bonchev–Trinajstić information content (AvgIpc) is 2.88. The maximum Gasteiger partial charge on any atom is 0.291 e. The van der Waals surface area contributed by atoms with Crippen LogP contribution in [0.5, 0.6) is 5.75 Å². The minimum absolute atomic E-state index is 0.0597. The molecule has 1 heterocycles. The number of hydrogen-bond donors (Lipinski definition) is 1. The topological polar surface area (TPSA) is 51.5 Å². The van der Waals surface area contributed by atoms with Crippen molar-refractivity contribution >= 4 is 34.2 Å². The summed E-state index contributed by atoms with van der Waals surface area (Å²) in [6, 6.07) is 9.36. The zero-order chi connectivity index (χ0) is 17.3. The molecule has 0 aliphatic rings. The van der Waals surface area contributed by atoms with Gasteiger partial charge in [-0.25, -0.2) is 4.39 Å². The van der Waals surface area contributed by atoms with E-state index in [-0.39, 0.29) is 10.8 Å². The number of benzene rings is 2. The molecule has 0 spiro atoms. The molecule has 0 saturated carbocycles. The molecule has 0 bridgehead atoms. The maximum atomic E-state index is 13.2. The van der Waals surface area contributed by atoms with E-state index in [0.717, 1.165) is 5.39 Å². The number of ether oxygens (including phenoxy) is 1. The van der Waals surface area contributed by atoms with Gasteiger partial charge < -0.3 is 14.5 Å². The number of hydrogen-bond acceptors (Lipinski definition) is 3. The van der Waals surface area contributed by atoms with Crippen LogP contribution in [-0.2, 0) is 0 Å². The van der Waals surface area contributed by atoms with E-state index in [0.29, 0.717) is 29.2 Å². The number of aryl methyl sites for hydroxylation is 1. The van der Waals surface area contributed by atoms with Crippen molar-refractivity contribution in [2.24, 2.45) is 0 Å². The zero-order valence-corrected chi connectivity index (χ0v) is 13.9. The lowest BCUT2D eigenvalue weighted by molar-refractivity contribution is 0.0998. The molecule has 0 unspecified atom stereocenters. The molecule has 4 nitrogen and oxygen atoms in total. The van der Waals surface area contributed by atoms with Gasteiger partial charge in [0.05, 0.1) is 11.6 Å². The molecule has 3 rings (SSSR count). The van der Waals surface area contributed by atoms with Gasteiger partial charge in [0, 0.05) is 16.6 Å². The predicted octanol–water partition coefficient (Wildman–Crippen LogP) is 5.18. The highest BCUT2D eigenvalue weighted by molar-refractivity contribution is 6.31. The van der Waals surface area contributed by atoms with Crippen molar-refractivity contribution in [3.05, 3.63) is 58.6 Å². The van der Waals surface area contributed by atoms with Crippen molar-refractivity contribution in [2.45, 2.75) is 13.8 Å². The molecule has 2 aromatic carbocycles. The van der Waals surface area contributed by atoms with E-state index < -0.39 is 11.7 Å². The van der Waals surface area contributed by atoms with Crippen LogP contribution >= 0.6 is 11.6 Å². The molecule has 0 aliphatic carbocycles. The van der Waals surface area contributed by atoms with E-state index in [9.17, 15) is 9.18 Å². The molecule has 6 heteroatoms. The van der Waals surface area contributed by atoms with Gasteiger partial charge >= 0.3 is 0 Å². The van der Waals surface area contributed by atoms with Crippen molar-refractivity contribution in [1.82, 2.24) is 0 Å². The molecule has 0 radical (unpaired) electrons. The Morgan fingerprint density at radius 3 is 2.79 bits per heavy atom. The Kier molecular flexibility index (Phi) is 4.44. The van der Waals surface area contributed by atoms with Gasteiger partial charge in [0.15, 0.2) is 5.76 Å². The van der Waals surface area contributed by atoms with E-state index in [1.54, 1.807) is 19.1 Å². The molecule has 1 N–H and O–H groups in total. The summed E-state index contributed by atoms with van der Waals surface area (Å²) in [6.07, 6.45) is 0. The first-order chi connectivity index (χ1) is 11.5. The van der Waals surface area contributed by atoms with E-state index in [4.69, 9.17) is 20.8 Å². The lowest BCUT2D eigenvalue weighted by Crippen LogP contribution is -2.12. The molecule has 124 valence electrons. The van der Waals surface area contributed by atoms with Gasteiger partial charge in [-0.15, -0.1) is 0 Å². The average molecular weight is 348 g/mol. The monoisotopic (exact) mass is 347 g/mol. The molecular formula is C18H15ClFNO3. The number of rotatable bonds is 4. The van der Waals surface area contributed by atoms with Crippen LogP contribution in [0.25, 0.3) is 11.0 Å². The quantitative estimate of drug-likeness (QED) is 0.707. The molecule has 0 atom stereocenters. The third kappa shape index (κ3) is 3.08. The summed E-state index contributed by atoms with van der Waals surface area (Å²) in [5.41, 5.74) is 1.69. The fourth-order valence-corrected chi connectivity index (χ4v) is 2.62. The Balaban J connectivity index is 1.91. The summed E-state index contributed by atoms with van der Waals surface area (Å²) in [4.78, 5) is 12.4. The van der Waals surface area contributed by atoms with Crippen LogP contribution in [-0.4, -0.2) is 12.5 Å². The predicted molar refractivity (Wildman–Crippen MR) is 91.5 cm³/mol. The smallest absolute Gasteiger partial charge is 0.291 e. The number of furan rings is 1. The lowest BCUT2D eigenvalue weighted by atomic mass is 10.1. The Bertz CT molecular complexity index is 920. The van der Waals surface area contributed by atoms with Gasteiger partial charge in [0.2, 0.25) is 0 Å². The van der Waals surface area contributed by atoms with Gasteiger partial charge in [0.25, 0.3) is 5.91 Å². The van der Waals surface area contributed by atoms with Crippen LogP contribution < -0.4 is 10.1 Å². The third-order valence-electron chi connectivity index (χ3n) is 3.60. The largest absolute Gasteiger partial charge is 0.494 e. The molecule has 3 aromatic rings. The Morgan fingerprint density at radius 2 is 2.08 bits per heavy atom. The minimum atomic E-state index is -0.543. The second-order valence-electron chi connectivity index (χ2n) is 5.23. The number of carbonyl (C=O) groups is 1. The van der Waals surface area contributed by atoms with Crippen LogP contribution in [0.15, 0.2) is 40.8 Å². The van der Waals surface area contributed by atoms with E-state index in [1.807, 2.05) is 13.0 Å². The number of halogens is 2. The molecule has 0 aliphatic heterocycles. The van der Waals surface area contributed by atoms with Gasteiger partial charge in [0.1, 0.15) is 17.1 Å². The van der Waals surface area contributed by atoms with Crippen LogP contribution in [0.3, 0.4) is 0 Å². The van der Waals surface area contributed by atoms with Crippen LogP contribution in [0.2, 0.25) is 5.02 Å². The van der Waals surface area contributed by atoms with E-state index in [2.05, 4.69) is 5.32 Å². The first-order valence-corrected chi connectivity index (χ1v) is 7.79. The van der Waals surface area contributed by atoms with E-state index in [1.165, 1.54) is 18.2 Å². The highest BCUT2D eigenvalue weighted by Crippen LogP contribution is 2.29. The highest BCUT2D eigenvalue weighted by Gasteiger charge is 2.18. The second-order valence-corrected chi connectivity index (χ2v) is 5.64. The maximum absolute atomic E-state index is 13.2. The van der Waals surface area contributed by atoms with Crippen molar-refractivity contribution in [3.63, 3.8) is 0 Å². The number of carbonyl (C=O) groups excluding carboxylic acids is 1. The first-order valence-electron chi connectivity index (χ1n) is 7.42. The number of fused-ring (bicyclic) bond motifs is 1. The SMILES string of the molecule is CCOc1ccc2oc(C(=O)Nc3ccc(F)c(Cl)c3)c(C)c2c1. The highest BCUT2D eigenvalue weighted by atomic mass is 35.5. The van der Waals surface area contributed by atoms with Crippen LogP contribution in [0, 0.1) is 12.7 Å². The summed E-state index contributed by atoms with van der Waals surface area (Å²) in [6.45, 7) is 4.26. The molecule has 1 amide bonds. The molecular weight excluding hydrogens is 333 g/mol. The normalized spacial score (nSPS) is 10.8. The van der Waals surface area contributed by atoms with Crippen LogP contribution in [0.4, 0.5) is 10.1 Å². The third-order valence-corrected chi connectivity index (χ3v) is 3.89. The molecule has 24 heavy (non-hydrogen) atoms. The zero-order valence-electron chi connectivity index (χ0n) is 13.2. The lowest BCUT2D eigenvalue weighted by Gasteiger charge is -2.04. The van der Waals surface area contributed by atoms with Gasteiger partial charge in [-0.2, -0.15) is 0 Å². The second kappa shape index (κ2) is 6.53. The van der Waals surface area contributed by atoms with Gasteiger partial charge in [-0.3, -0.25) is 4.79 Å². The fraction of sp³-hybridized carbons (Fsp3) is 0.167. The number of nitrogens with one attached hydrogen (secondary N) is 1. The van der Waals surface area contributed by atoms with Crippen LogP contribution in [0.1, 0.15) is 23.0 Å². The van der Waals surface area contributed by atoms with Crippen molar-refractivity contribution < 1.29 is 18.3 Å². The van der Waals surface area contributed by atoms with Crippen molar-refractivity contribution in [3.8, 4) is 5.75 Å². The number of anilines is 1. The van der Waals surface area contributed by atoms with Gasteiger partial charge in [-0.05, 0) is 50.2 Å². The summed E-state index contributed by atoms with van der Waals surface area (Å²) in [5.74, 6) is -0.0624. The van der Waals surface area contributed by atoms with E-state index >= 15 is 0 Å². The molecule has 1 aromatic heterocycles. The summed E-state index contributed by atoms with van der Waals surface area (Å²) in [5, 5.41) is 3.40. The van der Waals surface area contributed by atoms with Crippen molar-refractivity contribution in [1.29, 1.82) is 0 Å². The Hall–Kier alpha value is -2.53. The first kappa shape index (κ1) is 16.3. The Labute approximate surface area is 143 Å².